The molecule has 1 N–H and O–H groups in total. The minimum atomic E-state index is -4.70. The third-order valence-corrected chi connectivity index (χ3v) is 5.74. The minimum Gasteiger partial charge on any atom is -0.480 e. The molecule has 0 spiro atoms. The van der Waals surface area contributed by atoms with E-state index in [0.717, 1.165) is 11.8 Å². The van der Waals surface area contributed by atoms with Crippen LogP contribution in [0.25, 0.3) is 0 Å². The van der Waals surface area contributed by atoms with E-state index in [2.05, 4.69) is 0 Å². The van der Waals surface area contributed by atoms with Crippen LogP contribution in [-0.4, -0.2) is 41.5 Å². The molecule has 0 aliphatic carbocycles. The Morgan fingerprint density at radius 1 is 1.30 bits per heavy atom. The SMILES string of the molecule is O=C(O)C1CSCN1S(=O)(=O)c1c(F)cc(F)cc1F. The van der Waals surface area contributed by atoms with Crippen LogP contribution in [0.15, 0.2) is 17.0 Å². The number of benzene rings is 1. The number of hydrogen-bond acceptors (Lipinski definition) is 4. The topological polar surface area (TPSA) is 74.7 Å². The molecular formula is C10H8F3NO4S2. The molecular weight excluding hydrogens is 319 g/mol. The third-order valence-electron chi connectivity index (χ3n) is 2.66. The number of aliphatic carboxylic acids is 1. The summed E-state index contributed by atoms with van der Waals surface area (Å²) in [5.74, 6) is -6.13. The molecule has 1 aromatic carbocycles. The molecule has 20 heavy (non-hydrogen) atoms. The van der Waals surface area contributed by atoms with E-state index in [4.69, 9.17) is 5.11 Å². The molecule has 0 saturated carbocycles. The molecule has 1 fully saturated rings. The van der Waals surface area contributed by atoms with Crippen LogP contribution in [0.1, 0.15) is 0 Å². The average Bonchev–Trinajstić information content (AvgIpc) is 2.75. The fourth-order valence-electron chi connectivity index (χ4n) is 1.75. The maximum absolute atomic E-state index is 13.5. The van der Waals surface area contributed by atoms with Crippen LogP contribution < -0.4 is 0 Å². The van der Waals surface area contributed by atoms with Gasteiger partial charge in [0.05, 0.1) is 5.88 Å². The molecule has 1 aromatic rings. The van der Waals surface area contributed by atoms with E-state index < -0.39 is 44.4 Å². The maximum atomic E-state index is 13.5. The molecule has 1 aliphatic rings. The molecule has 0 radical (unpaired) electrons. The summed E-state index contributed by atoms with van der Waals surface area (Å²) in [7, 11) is -4.70. The molecule has 0 aromatic heterocycles. The molecule has 1 aliphatic heterocycles. The zero-order chi connectivity index (χ0) is 15.1. The summed E-state index contributed by atoms with van der Waals surface area (Å²) in [6.07, 6.45) is 0. The second-order valence-electron chi connectivity index (χ2n) is 3.94. The van der Waals surface area contributed by atoms with Crippen molar-refractivity contribution in [1.29, 1.82) is 0 Å². The maximum Gasteiger partial charge on any atom is 0.322 e. The van der Waals surface area contributed by atoms with Gasteiger partial charge in [0.15, 0.2) is 4.90 Å². The molecule has 110 valence electrons. The van der Waals surface area contributed by atoms with Crippen molar-refractivity contribution in [1.82, 2.24) is 4.31 Å². The van der Waals surface area contributed by atoms with Crippen LogP contribution in [0, 0.1) is 17.5 Å². The molecule has 2 rings (SSSR count). The average molecular weight is 327 g/mol. The molecule has 1 saturated heterocycles. The van der Waals surface area contributed by atoms with Gasteiger partial charge in [-0.05, 0) is 0 Å². The number of sulfonamides is 1. The van der Waals surface area contributed by atoms with Gasteiger partial charge in [-0.25, -0.2) is 21.6 Å². The standard InChI is InChI=1S/C10H8F3NO4S2/c11-5-1-6(12)9(7(13)2-5)20(17,18)14-4-19-3-8(14)10(15)16/h1-2,8H,3-4H2,(H,15,16). The molecule has 5 nitrogen and oxygen atoms in total. The monoisotopic (exact) mass is 327 g/mol. The highest BCUT2D eigenvalue weighted by molar-refractivity contribution is 8.00. The van der Waals surface area contributed by atoms with E-state index >= 15 is 0 Å². The molecule has 1 unspecified atom stereocenters. The lowest BCUT2D eigenvalue weighted by molar-refractivity contribution is -0.140. The predicted molar refractivity (Wildman–Crippen MR) is 64.1 cm³/mol. The Hall–Kier alpha value is -1.26. The summed E-state index contributed by atoms with van der Waals surface area (Å²) in [6.45, 7) is 0. The number of hydrogen-bond donors (Lipinski definition) is 1. The lowest BCUT2D eigenvalue weighted by atomic mass is 10.3. The first-order valence-electron chi connectivity index (χ1n) is 5.22. The third kappa shape index (κ3) is 2.50. The van der Waals surface area contributed by atoms with Crippen LogP contribution in [0.3, 0.4) is 0 Å². The van der Waals surface area contributed by atoms with E-state index in [0.29, 0.717) is 4.31 Å². The van der Waals surface area contributed by atoms with Crippen molar-refractivity contribution in [3.63, 3.8) is 0 Å². The van der Waals surface area contributed by atoms with Gasteiger partial charge in [-0.2, -0.15) is 4.31 Å². The summed E-state index contributed by atoms with van der Waals surface area (Å²) in [5.41, 5.74) is 0. The Bertz CT molecular complexity index is 641. The van der Waals surface area contributed by atoms with Gasteiger partial charge in [-0.1, -0.05) is 0 Å². The molecule has 1 heterocycles. The van der Waals surface area contributed by atoms with Crippen molar-refractivity contribution < 1.29 is 31.5 Å². The number of thioether (sulfide) groups is 1. The van der Waals surface area contributed by atoms with E-state index in [9.17, 15) is 26.4 Å². The molecule has 0 amide bonds. The van der Waals surface area contributed by atoms with Crippen molar-refractivity contribution in [3.05, 3.63) is 29.6 Å². The van der Waals surface area contributed by atoms with Crippen molar-refractivity contribution >= 4 is 27.8 Å². The Morgan fingerprint density at radius 3 is 2.35 bits per heavy atom. The van der Waals surface area contributed by atoms with E-state index in [1.807, 2.05) is 0 Å². The Kier molecular flexibility index (Phi) is 3.98. The van der Waals surface area contributed by atoms with Gasteiger partial charge in [-0.3, -0.25) is 4.79 Å². The zero-order valence-corrected chi connectivity index (χ0v) is 11.3. The first kappa shape index (κ1) is 15.1. The van der Waals surface area contributed by atoms with E-state index in [1.165, 1.54) is 0 Å². The summed E-state index contributed by atoms with van der Waals surface area (Å²) >= 11 is 1.00. The number of carbonyl (C=O) groups is 1. The van der Waals surface area contributed by atoms with Gasteiger partial charge in [0.25, 0.3) is 10.0 Å². The second-order valence-corrected chi connectivity index (χ2v) is 6.77. The van der Waals surface area contributed by atoms with Crippen LogP contribution in [0.2, 0.25) is 0 Å². The fourth-order valence-corrected chi connectivity index (χ4v) is 4.98. The van der Waals surface area contributed by atoms with E-state index in [1.54, 1.807) is 0 Å². The van der Waals surface area contributed by atoms with Gasteiger partial charge < -0.3 is 5.11 Å². The number of rotatable bonds is 3. The molecule has 10 heteroatoms. The lowest BCUT2D eigenvalue weighted by Gasteiger charge is -2.20. The van der Waals surface area contributed by atoms with Crippen molar-refractivity contribution in [2.45, 2.75) is 10.9 Å². The van der Waals surface area contributed by atoms with Crippen molar-refractivity contribution in [2.75, 3.05) is 11.6 Å². The van der Waals surface area contributed by atoms with Crippen LogP contribution in [-0.2, 0) is 14.8 Å². The van der Waals surface area contributed by atoms with Crippen molar-refractivity contribution in [2.24, 2.45) is 0 Å². The van der Waals surface area contributed by atoms with Gasteiger partial charge in [-0.15, -0.1) is 11.8 Å². The van der Waals surface area contributed by atoms with Gasteiger partial charge in [0.1, 0.15) is 23.5 Å². The number of nitrogens with zero attached hydrogens (tertiary/aromatic N) is 1. The second kappa shape index (κ2) is 5.26. The van der Waals surface area contributed by atoms with Gasteiger partial charge in [0.2, 0.25) is 0 Å². The Balaban J connectivity index is 2.54. The van der Waals surface area contributed by atoms with Crippen LogP contribution >= 0.6 is 11.8 Å². The van der Waals surface area contributed by atoms with Crippen LogP contribution in [0.5, 0.6) is 0 Å². The Morgan fingerprint density at radius 2 is 1.85 bits per heavy atom. The number of carboxylic acid groups (broad SMARTS) is 1. The normalized spacial score (nSPS) is 20.2. The van der Waals surface area contributed by atoms with Gasteiger partial charge >= 0.3 is 5.97 Å². The van der Waals surface area contributed by atoms with E-state index in [-0.39, 0.29) is 23.8 Å². The quantitative estimate of drug-likeness (QED) is 0.904. The largest absolute Gasteiger partial charge is 0.480 e. The number of carboxylic acids is 1. The van der Waals surface area contributed by atoms with Crippen LogP contribution in [0.4, 0.5) is 13.2 Å². The van der Waals surface area contributed by atoms with Crippen molar-refractivity contribution in [3.8, 4) is 0 Å². The number of halogens is 3. The summed E-state index contributed by atoms with van der Waals surface area (Å²) in [4.78, 5) is 9.61. The predicted octanol–water partition coefficient (Wildman–Crippen LogP) is 1.25. The lowest BCUT2D eigenvalue weighted by Crippen LogP contribution is -2.42. The molecule has 0 bridgehead atoms. The smallest absolute Gasteiger partial charge is 0.322 e. The summed E-state index contributed by atoms with van der Waals surface area (Å²) < 4.78 is 64.7. The highest BCUT2D eigenvalue weighted by atomic mass is 32.2. The summed E-state index contributed by atoms with van der Waals surface area (Å²) in [6, 6.07) is -0.946. The highest BCUT2D eigenvalue weighted by Gasteiger charge is 2.42. The fraction of sp³-hybridized carbons (Fsp3) is 0.300. The first-order valence-corrected chi connectivity index (χ1v) is 7.81. The minimum absolute atomic E-state index is 0.0288. The van der Waals surface area contributed by atoms with Gasteiger partial charge in [0, 0.05) is 17.9 Å². The molecule has 1 atom stereocenters. The zero-order valence-electron chi connectivity index (χ0n) is 9.72. The highest BCUT2D eigenvalue weighted by Crippen LogP contribution is 2.31. The first-order chi connectivity index (χ1) is 9.25. The Labute approximate surface area is 116 Å². The summed E-state index contributed by atoms with van der Waals surface area (Å²) in [5, 5.41) is 8.91.